The van der Waals surface area contributed by atoms with Crippen LogP contribution in [0.2, 0.25) is 0 Å². The topological polar surface area (TPSA) is 9.23 Å². The minimum atomic E-state index is 0.949. The van der Waals surface area contributed by atoms with Crippen molar-refractivity contribution in [1.29, 1.82) is 0 Å². The summed E-state index contributed by atoms with van der Waals surface area (Å²) in [6.45, 7) is 4.00. The summed E-state index contributed by atoms with van der Waals surface area (Å²) in [7, 11) is 1.67. The first-order chi connectivity index (χ1) is 4.43. The lowest BCUT2D eigenvalue weighted by molar-refractivity contribution is 0.417. The van der Waals surface area contributed by atoms with Crippen LogP contribution in [-0.2, 0) is 0 Å². The average molecular weight is 144 g/mol. The van der Waals surface area contributed by atoms with Crippen molar-refractivity contribution in [2.24, 2.45) is 0 Å². The highest BCUT2D eigenvalue weighted by atomic mass is 32.1. The minimum absolute atomic E-state index is 0.949. The first kappa shape index (κ1) is 8.50. The third kappa shape index (κ3) is 3.14. The zero-order valence-corrected chi connectivity index (χ0v) is 6.87. The van der Waals surface area contributed by atoms with Gasteiger partial charge in [0.05, 0.1) is 7.11 Å². The molecule has 0 aliphatic carbocycles. The molecule has 0 spiro atoms. The van der Waals surface area contributed by atoms with Gasteiger partial charge in [-0.15, -0.1) is 11.3 Å². The van der Waals surface area contributed by atoms with E-state index in [2.05, 4.69) is 0 Å². The molecule has 2 heteroatoms. The van der Waals surface area contributed by atoms with Crippen LogP contribution in [0.4, 0.5) is 0 Å². The quantitative estimate of drug-likeness (QED) is 0.589. The number of thiophene rings is 1. The molecule has 0 atom stereocenters. The first-order valence-corrected chi connectivity index (χ1v) is 3.94. The highest BCUT2D eigenvalue weighted by Crippen LogP contribution is 2.12. The molecule has 1 nitrogen and oxygen atoms in total. The van der Waals surface area contributed by atoms with E-state index in [4.69, 9.17) is 4.74 Å². The average Bonchev–Trinajstić information content (AvgIpc) is 2.43. The smallest absolute Gasteiger partial charge is 0.129 e. The second kappa shape index (κ2) is 5.63. The highest BCUT2D eigenvalue weighted by molar-refractivity contribution is 7.08. The maximum atomic E-state index is 4.86. The molecule has 0 saturated carbocycles. The van der Waals surface area contributed by atoms with Crippen molar-refractivity contribution >= 4 is 11.3 Å². The lowest BCUT2D eigenvalue weighted by Crippen LogP contribution is -1.74. The van der Waals surface area contributed by atoms with Crippen LogP contribution < -0.4 is 4.74 Å². The molecule has 0 fully saturated rings. The number of rotatable bonds is 1. The zero-order chi connectivity index (χ0) is 7.11. The highest BCUT2D eigenvalue weighted by Gasteiger charge is 1.82. The van der Waals surface area contributed by atoms with Crippen LogP contribution in [0.25, 0.3) is 0 Å². The van der Waals surface area contributed by atoms with Crippen LogP contribution in [0.15, 0.2) is 16.8 Å². The third-order valence-electron chi connectivity index (χ3n) is 0.731. The van der Waals surface area contributed by atoms with Gasteiger partial charge in [-0.1, -0.05) is 13.8 Å². The van der Waals surface area contributed by atoms with Crippen LogP contribution in [0.1, 0.15) is 13.8 Å². The third-order valence-corrected chi connectivity index (χ3v) is 1.39. The maximum Gasteiger partial charge on any atom is 0.129 e. The van der Waals surface area contributed by atoms with Crippen molar-refractivity contribution < 1.29 is 4.74 Å². The maximum absolute atomic E-state index is 4.86. The largest absolute Gasteiger partial charge is 0.496 e. The van der Waals surface area contributed by atoms with Gasteiger partial charge < -0.3 is 4.74 Å². The van der Waals surface area contributed by atoms with Crippen LogP contribution in [0.5, 0.6) is 5.75 Å². The summed E-state index contributed by atoms with van der Waals surface area (Å²) in [5.41, 5.74) is 0. The molecule has 0 unspecified atom stereocenters. The lowest BCUT2D eigenvalue weighted by atomic mass is 10.6. The summed E-state index contributed by atoms with van der Waals surface area (Å²) in [5.74, 6) is 0.949. The number of hydrogen-bond donors (Lipinski definition) is 0. The molecule has 0 aliphatic rings. The van der Waals surface area contributed by atoms with Crippen LogP contribution in [0, 0.1) is 0 Å². The van der Waals surface area contributed by atoms with Crippen molar-refractivity contribution in [3.05, 3.63) is 16.8 Å². The van der Waals surface area contributed by atoms with E-state index in [-0.39, 0.29) is 0 Å². The molecule has 0 amide bonds. The Labute approximate surface area is 60.3 Å². The summed E-state index contributed by atoms with van der Waals surface area (Å²) < 4.78 is 4.86. The van der Waals surface area contributed by atoms with E-state index >= 15 is 0 Å². The predicted octanol–water partition coefficient (Wildman–Crippen LogP) is 2.78. The van der Waals surface area contributed by atoms with E-state index in [1.165, 1.54) is 0 Å². The van der Waals surface area contributed by atoms with Gasteiger partial charge in [-0.2, -0.15) is 0 Å². The van der Waals surface area contributed by atoms with Gasteiger partial charge in [0, 0.05) is 5.38 Å². The normalized spacial score (nSPS) is 7.44. The molecule has 1 aromatic heterocycles. The number of hydrogen-bond acceptors (Lipinski definition) is 2. The van der Waals surface area contributed by atoms with Crippen molar-refractivity contribution in [3.8, 4) is 5.75 Å². The molecule has 52 valence electrons. The number of ether oxygens (including phenoxy) is 1. The Bertz CT molecular complexity index is 123. The molecule has 0 saturated heterocycles. The monoisotopic (exact) mass is 144 g/mol. The van der Waals surface area contributed by atoms with Crippen LogP contribution >= 0.6 is 11.3 Å². The Kier molecular flexibility index (Phi) is 5.32. The molecule has 0 N–H and O–H groups in total. The Morgan fingerprint density at radius 1 is 1.44 bits per heavy atom. The Hall–Kier alpha value is -0.500. The van der Waals surface area contributed by atoms with Gasteiger partial charge in [-0.25, -0.2) is 0 Å². The minimum Gasteiger partial charge on any atom is -0.496 e. The fourth-order valence-electron chi connectivity index (χ4n) is 0.368. The summed E-state index contributed by atoms with van der Waals surface area (Å²) >= 11 is 1.64. The van der Waals surface area contributed by atoms with E-state index in [9.17, 15) is 0 Å². The fraction of sp³-hybridized carbons (Fsp3) is 0.429. The predicted molar refractivity (Wildman–Crippen MR) is 42.2 cm³/mol. The summed E-state index contributed by atoms with van der Waals surface area (Å²) in [4.78, 5) is 0. The van der Waals surface area contributed by atoms with Crippen molar-refractivity contribution in [3.63, 3.8) is 0 Å². The molecular formula is C7H12OS. The summed E-state index contributed by atoms with van der Waals surface area (Å²) in [6, 6.07) is 1.94. The van der Waals surface area contributed by atoms with Crippen molar-refractivity contribution in [1.82, 2.24) is 0 Å². The van der Waals surface area contributed by atoms with E-state index in [0.717, 1.165) is 5.75 Å². The van der Waals surface area contributed by atoms with Gasteiger partial charge >= 0.3 is 0 Å². The Morgan fingerprint density at radius 3 is 2.33 bits per heavy atom. The molecule has 1 heterocycles. The van der Waals surface area contributed by atoms with Crippen LogP contribution in [0.3, 0.4) is 0 Å². The molecule has 1 rings (SSSR count). The zero-order valence-electron chi connectivity index (χ0n) is 6.05. The first-order valence-electron chi connectivity index (χ1n) is 2.99. The molecule has 0 bridgehead atoms. The van der Waals surface area contributed by atoms with E-state index in [1.807, 2.05) is 30.7 Å². The van der Waals surface area contributed by atoms with Gasteiger partial charge in [-0.3, -0.25) is 0 Å². The summed E-state index contributed by atoms with van der Waals surface area (Å²) in [5, 5.41) is 3.94. The van der Waals surface area contributed by atoms with Crippen molar-refractivity contribution in [2.45, 2.75) is 13.8 Å². The standard InChI is InChI=1S/C5H6OS.C2H6/c1-6-5-2-3-7-4-5;1-2/h2-4H,1H3;1-2H3. The fourth-order valence-corrected chi connectivity index (χ4v) is 0.968. The van der Waals surface area contributed by atoms with Gasteiger partial charge in [0.2, 0.25) is 0 Å². The molecular weight excluding hydrogens is 132 g/mol. The van der Waals surface area contributed by atoms with Gasteiger partial charge in [-0.05, 0) is 11.4 Å². The number of methoxy groups -OCH3 is 1. The molecule has 1 aromatic rings. The Balaban J connectivity index is 0.000000291. The van der Waals surface area contributed by atoms with E-state index < -0.39 is 0 Å². The molecule has 0 aliphatic heterocycles. The molecule has 0 aromatic carbocycles. The van der Waals surface area contributed by atoms with Crippen LogP contribution in [-0.4, -0.2) is 7.11 Å². The van der Waals surface area contributed by atoms with Crippen molar-refractivity contribution in [2.75, 3.05) is 7.11 Å². The van der Waals surface area contributed by atoms with E-state index in [1.54, 1.807) is 18.4 Å². The SMILES string of the molecule is CC.COc1ccsc1. The second-order valence-electron chi connectivity index (χ2n) is 1.16. The Morgan fingerprint density at radius 2 is 2.11 bits per heavy atom. The molecule has 0 radical (unpaired) electrons. The van der Waals surface area contributed by atoms with Gasteiger partial charge in [0.25, 0.3) is 0 Å². The summed E-state index contributed by atoms with van der Waals surface area (Å²) in [6.07, 6.45) is 0. The molecule has 9 heavy (non-hydrogen) atoms. The second-order valence-corrected chi connectivity index (χ2v) is 1.94. The van der Waals surface area contributed by atoms with E-state index in [0.29, 0.717) is 0 Å². The van der Waals surface area contributed by atoms with Gasteiger partial charge in [0.15, 0.2) is 0 Å². The van der Waals surface area contributed by atoms with Gasteiger partial charge in [0.1, 0.15) is 5.75 Å². The lowest BCUT2D eigenvalue weighted by Gasteiger charge is -1.86.